The zero-order valence-electron chi connectivity index (χ0n) is 11.9. The average molecular weight is 329 g/mol. The minimum Gasteiger partial charge on any atom is -0.507 e. The predicted octanol–water partition coefficient (Wildman–Crippen LogP) is 3.38. The lowest BCUT2D eigenvalue weighted by Gasteiger charge is -2.05. The maximum atomic E-state index is 13.8. The maximum absolute atomic E-state index is 13.8. The molecule has 0 spiro atoms. The zero-order valence-corrected chi connectivity index (χ0v) is 12.7. The Morgan fingerprint density at radius 2 is 2.13 bits per heavy atom. The van der Waals surface area contributed by atoms with Gasteiger partial charge in [0.25, 0.3) is 0 Å². The number of hydrogen-bond acceptors (Lipinski definition) is 5. The third-order valence-electron chi connectivity index (χ3n) is 3.27. The number of aliphatic hydroxyl groups excluding tert-OH is 1. The topological polar surface area (TPSA) is 78.9 Å². The fourth-order valence-corrected chi connectivity index (χ4v) is 2.98. The van der Waals surface area contributed by atoms with Crippen LogP contribution >= 0.6 is 11.3 Å². The lowest BCUT2D eigenvalue weighted by Crippen LogP contribution is -2.00. The summed E-state index contributed by atoms with van der Waals surface area (Å²) < 4.78 is 13.8. The Hall–Kier alpha value is -2.80. The summed E-state index contributed by atoms with van der Waals surface area (Å²) in [7, 11) is 0. The van der Waals surface area contributed by atoms with Crippen LogP contribution in [0.2, 0.25) is 0 Å². The van der Waals surface area contributed by atoms with E-state index in [1.165, 1.54) is 23.7 Å². The van der Waals surface area contributed by atoms with Gasteiger partial charge in [-0.05, 0) is 22.6 Å². The molecule has 0 radical (unpaired) electrons. The maximum Gasteiger partial charge on any atom is 0.226 e. The Morgan fingerprint density at radius 1 is 1.30 bits per heavy atom. The number of nitrogens with zero attached hydrogens (tertiary/aromatic N) is 2. The molecule has 0 bridgehead atoms. The van der Waals surface area contributed by atoms with Crippen molar-refractivity contribution in [1.82, 2.24) is 15.2 Å². The minimum atomic E-state index is -0.483. The number of aliphatic hydroxyl groups is 1. The molecule has 3 rings (SSSR count). The van der Waals surface area contributed by atoms with Crippen molar-refractivity contribution in [3.05, 3.63) is 75.8 Å². The summed E-state index contributed by atoms with van der Waals surface area (Å²) in [5.74, 6) is -0.921. The van der Waals surface area contributed by atoms with E-state index in [0.717, 1.165) is 11.6 Å². The van der Waals surface area contributed by atoms with Gasteiger partial charge in [0.2, 0.25) is 5.78 Å². The highest BCUT2D eigenvalue weighted by atomic mass is 32.1. The number of benzene rings is 1. The summed E-state index contributed by atoms with van der Waals surface area (Å²) in [6, 6.07) is 6.47. The number of aromatic amines is 1. The first kappa shape index (κ1) is 15.1. The lowest BCUT2D eigenvalue weighted by atomic mass is 10.0. The fourth-order valence-electron chi connectivity index (χ4n) is 2.13. The van der Waals surface area contributed by atoms with Crippen molar-refractivity contribution >= 4 is 22.9 Å². The summed E-state index contributed by atoms with van der Waals surface area (Å²) in [4.78, 5) is 15.6. The molecule has 7 heteroatoms. The van der Waals surface area contributed by atoms with Crippen molar-refractivity contribution in [3.63, 3.8) is 0 Å². The summed E-state index contributed by atoms with van der Waals surface area (Å²) in [6.07, 6.45) is 2.62. The van der Waals surface area contributed by atoms with E-state index in [-0.39, 0.29) is 17.4 Å². The Morgan fingerprint density at radius 3 is 2.87 bits per heavy atom. The molecule has 2 aromatic heterocycles. The largest absolute Gasteiger partial charge is 0.507 e. The third-order valence-corrected chi connectivity index (χ3v) is 4.07. The highest BCUT2D eigenvalue weighted by Gasteiger charge is 2.14. The van der Waals surface area contributed by atoms with Gasteiger partial charge in [0.15, 0.2) is 5.82 Å². The van der Waals surface area contributed by atoms with Gasteiger partial charge in [0.1, 0.15) is 17.9 Å². The molecule has 2 heterocycles. The standard InChI is InChI=1S/C16H12FN3O2S/c17-13-4-2-1-3-10(13)5-11-7-23-8-12(11)14(21)6-15(22)16-18-9-19-20-16/h1-4,6-9,21H,5H2,(H,18,19,20). The molecular formula is C16H12FN3O2S. The predicted molar refractivity (Wildman–Crippen MR) is 84.8 cm³/mol. The normalized spacial score (nSPS) is 11.6. The second-order valence-electron chi connectivity index (χ2n) is 4.81. The lowest BCUT2D eigenvalue weighted by molar-refractivity contribution is 0.103. The van der Waals surface area contributed by atoms with Crippen molar-refractivity contribution in [1.29, 1.82) is 0 Å². The molecule has 1 aromatic carbocycles. The number of thiophene rings is 1. The zero-order chi connectivity index (χ0) is 16.2. The summed E-state index contributed by atoms with van der Waals surface area (Å²) >= 11 is 1.37. The van der Waals surface area contributed by atoms with Crippen molar-refractivity contribution < 1.29 is 14.3 Å². The quantitative estimate of drug-likeness (QED) is 0.427. The molecule has 3 aromatic rings. The molecule has 23 heavy (non-hydrogen) atoms. The number of rotatable bonds is 5. The van der Waals surface area contributed by atoms with Crippen LogP contribution in [-0.2, 0) is 6.42 Å². The number of halogens is 1. The van der Waals surface area contributed by atoms with E-state index in [1.807, 2.05) is 5.38 Å². The van der Waals surface area contributed by atoms with Crippen LogP contribution in [0.25, 0.3) is 5.76 Å². The fraction of sp³-hybridized carbons (Fsp3) is 0.0625. The Balaban J connectivity index is 1.86. The molecular weight excluding hydrogens is 317 g/mol. The number of ketones is 1. The van der Waals surface area contributed by atoms with Crippen LogP contribution in [0.3, 0.4) is 0 Å². The molecule has 2 N–H and O–H groups in total. The van der Waals surface area contributed by atoms with E-state index in [0.29, 0.717) is 17.5 Å². The molecule has 0 aliphatic carbocycles. The van der Waals surface area contributed by atoms with Gasteiger partial charge in [-0.2, -0.15) is 16.4 Å². The molecule has 0 aliphatic heterocycles. The molecule has 0 aliphatic rings. The number of nitrogens with one attached hydrogen (secondary N) is 1. The van der Waals surface area contributed by atoms with Gasteiger partial charge in [-0.15, -0.1) is 0 Å². The Labute approximate surface area is 135 Å². The number of hydrogen-bond donors (Lipinski definition) is 2. The van der Waals surface area contributed by atoms with Gasteiger partial charge in [-0.1, -0.05) is 18.2 Å². The van der Waals surface area contributed by atoms with E-state index in [2.05, 4.69) is 15.2 Å². The van der Waals surface area contributed by atoms with Crippen LogP contribution in [-0.4, -0.2) is 26.1 Å². The number of carbonyl (C=O) groups excluding carboxylic acids is 1. The molecule has 0 unspecified atom stereocenters. The van der Waals surface area contributed by atoms with Gasteiger partial charge >= 0.3 is 0 Å². The van der Waals surface area contributed by atoms with Crippen LogP contribution in [0.15, 0.2) is 47.4 Å². The van der Waals surface area contributed by atoms with Crippen LogP contribution in [0.4, 0.5) is 4.39 Å². The summed E-state index contributed by atoms with van der Waals surface area (Å²) in [5.41, 5.74) is 1.78. The van der Waals surface area contributed by atoms with E-state index in [9.17, 15) is 14.3 Å². The van der Waals surface area contributed by atoms with Gasteiger partial charge in [-0.25, -0.2) is 9.37 Å². The molecule has 0 saturated carbocycles. The molecule has 0 saturated heterocycles. The van der Waals surface area contributed by atoms with E-state index < -0.39 is 5.78 Å². The van der Waals surface area contributed by atoms with Crippen molar-refractivity contribution in [3.8, 4) is 0 Å². The SMILES string of the molecule is O=C(C=C(O)c1cscc1Cc1ccccc1F)c1ncn[nH]1. The number of carbonyl (C=O) groups is 1. The van der Waals surface area contributed by atoms with Gasteiger partial charge in [0.05, 0.1) is 0 Å². The third kappa shape index (κ3) is 3.35. The highest BCUT2D eigenvalue weighted by Crippen LogP contribution is 2.25. The van der Waals surface area contributed by atoms with Crippen molar-refractivity contribution in [2.24, 2.45) is 0 Å². The first-order valence-electron chi connectivity index (χ1n) is 6.74. The molecule has 5 nitrogen and oxygen atoms in total. The van der Waals surface area contributed by atoms with Gasteiger partial charge < -0.3 is 5.11 Å². The molecule has 116 valence electrons. The molecule has 0 fully saturated rings. The van der Waals surface area contributed by atoms with Gasteiger partial charge in [-0.3, -0.25) is 9.89 Å². The first-order chi connectivity index (χ1) is 11.1. The first-order valence-corrected chi connectivity index (χ1v) is 7.68. The Kier molecular flexibility index (Phi) is 4.29. The van der Waals surface area contributed by atoms with Crippen LogP contribution in [0.5, 0.6) is 0 Å². The monoisotopic (exact) mass is 329 g/mol. The van der Waals surface area contributed by atoms with Crippen molar-refractivity contribution in [2.45, 2.75) is 6.42 Å². The molecule has 0 amide bonds. The average Bonchev–Trinajstić information content (AvgIpc) is 3.20. The second kappa shape index (κ2) is 6.53. The number of aromatic nitrogens is 3. The minimum absolute atomic E-state index is 0.0439. The van der Waals surface area contributed by atoms with E-state index in [1.54, 1.807) is 23.6 Å². The van der Waals surface area contributed by atoms with Crippen LogP contribution in [0, 0.1) is 5.82 Å². The number of allylic oxidation sites excluding steroid dienone is 1. The second-order valence-corrected chi connectivity index (χ2v) is 5.55. The number of H-pyrrole nitrogens is 1. The van der Waals surface area contributed by atoms with Crippen LogP contribution in [0.1, 0.15) is 27.3 Å². The van der Waals surface area contributed by atoms with Crippen molar-refractivity contribution in [2.75, 3.05) is 0 Å². The molecule has 0 atom stereocenters. The summed E-state index contributed by atoms with van der Waals surface area (Å²) in [6.45, 7) is 0. The smallest absolute Gasteiger partial charge is 0.226 e. The van der Waals surface area contributed by atoms with Gasteiger partial charge in [0, 0.05) is 23.4 Å². The highest BCUT2D eigenvalue weighted by molar-refractivity contribution is 7.08. The van der Waals surface area contributed by atoms with E-state index >= 15 is 0 Å². The Bertz CT molecular complexity index is 856. The summed E-state index contributed by atoms with van der Waals surface area (Å²) in [5, 5.41) is 19.8. The van der Waals surface area contributed by atoms with Crippen LogP contribution < -0.4 is 0 Å². The van der Waals surface area contributed by atoms with E-state index in [4.69, 9.17) is 0 Å².